The fourth-order valence-corrected chi connectivity index (χ4v) is 2.54. The highest BCUT2D eigenvalue weighted by molar-refractivity contribution is 14.0. The first-order chi connectivity index (χ1) is 10.2. The van der Waals surface area contributed by atoms with Gasteiger partial charge in [0.2, 0.25) is 0 Å². The molecule has 0 atom stereocenters. The van der Waals surface area contributed by atoms with E-state index in [1.54, 1.807) is 17.4 Å². The number of nitrogens with one attached hydrogen (secondary N) is 2. The molecule has 4 nitrogen and oxygen atoms in total. The lowest BCUT2D eigenvalue weighted by atomic mass is 10.2. The maximum atomic E-state index is 13.1. The molecule has 0 bridgehead atoms. The summed E-state index contributed by atoms with van der Waals surface area (Å²) in [7, 11) is 0. The van der Waals surface area contributed by atoms with E-state index < -0.39 is 0 Å². The SMILES string of the molecule is CCNC(=NCc1cccc(F)c1)NCc1cnc(C)s1.I. The summed E-state index contributed by atoms with van der Waals surface area (Å²) in [5.74, 6) is 0.480. The molecule has 0 saturated carbocycles. The van der Waals surface area contributed by atoms with Crippen LogP contribution in [0.3, 0.4) is 0 Å². The summed E-state index contributed by atoms with van der Waals surface area (Å²) in [6.45, 7) is 5.89. The van der Waals surface area contributed by atoms with Crippen LogP contribution in [-0.2, 0) is 13.1 Å². The van der Waals surface area contributed by atoms with Crippen LogP contribution in [0.25, 0.3) is 0 Å². The van der Waals surface area contributed by atoms with Crippen LogP contribution in [0.1, 0.15) is 22.4 Å². The molecule has 2 rings (SSSR count). The Morgan fingerprint density at radius 2 is 2.18 bits per heavy atom. The maximum absolute atomic E-state index is 13.1. The van der Waals surface area contributed by atoms with Gasteiger partial charge in [-0.2, -0.15) is 0 Å². The van der Waals surface area contributed by atoms with Gasteiger partial charge in [0.05, 0.1) is 18.1 Å². The lowest BCUT2D eigenvalue weighted by molar-refractivity contribution is 0.625. The van der Waals surface area contributed by atoms with Gasteiger partial charge in [0, 0.05) is 17.6 Å². The Morgan fingerprint density at radius 1 is 1.36 bits per heavy atom. The highest BCUT2D eigenvalue weighted by Gasteiger charge is 2.01. The number of nitrogens with zero attached hydrogens (tertiary/aromatic N) is 2. The summed E-state index contributed by atoms with van der Waals surface area (Å²) >= 11 is 1.66. The second-order valence-corrected chi connectivity index (χ2v) is 5.84. The van der Waals surface area contributed by atoms with Gasteiger partial charge in [-0.1, -0.05) is 12.1 Å². The number of rotatable bonds is 5. The number of hydrogen-bond donors (Lipinski definition) is 2. The van der Waals surface area contributed by atoms with Crippen molar-refractivity contribution >= 4 is 41.3 Å². The highest BCUT2D eigenvalue weighted by atomic mass is 127. The van der Waals surface area contributed by atoms with Crippen LogP contribution in [0.4, 0.5) is 4.39 Å². The summed E-state index contributed by atoms with van der Waals surface area (Å²) in [6.07, 6.45) is 1.86. The van der Waals surface area contributed by atoms with E-state index in [2.05, 4.69) is 20.6 Å². The number of hydrogen-bond acceptors (Lipinski definition) is 3. The number of aryl methyl sites for hydroxylation is 1. The van der Waals surface area contributed by atoms with Crippen molar-refractivity contribution in [3.63, 3.8) is 0 Å². The lowest BCUT2D eigenvalue weighted by Crippen LogP contribution is -2.36. The minimum Gasteiger partial charge on any atom is -0.357 e. The third-order valence-corrected chi connectivity index (χ3v) is 3.66. The smallest absolute Gasteiger partial charge is 0.191 e. The molecule has 1 aromatic carbocycles. The van der Waals surface area contributed by atoms with Crippen LogP contribution >= 0.6 is 35.3 Å². The van der Waals surface area contributed by atoms with Gasteiger partial charge in [-0.15, -0.1) is 35.3 Å². The van der Waals surface area contributed by atoms with Crippen LogP contribution < -0.4 is 10.6 Å². The molecule has 0 saturated heterocycles. The highest BCUT2D eigenvalue weighted by Crippen LogP contribution is 2.10. The largest absolute Gasteiger partial charge is 0.357 e. The molecule has 2 aromatic rings. The van der Waals surface area contributed by atoms with Crippen LogP contribution in [0.15, 0.2) is 35.5 Å². The standard InChI is InChI=1S/C15H19FN4S.HI/c1-3-17-15(20-10-14-9-18-11(2)21-14)19-8-12-5-4-6-13(16)7-12;/h4-7,9H,3,8,10H2,1-2H3,(H2,17,19,20);1H. The van der Waals surface area contributed by atoms with Gasteiger partial charge in [-0.25, -0.2) is 14.4 Å². The van der Waals surface area contributed by atoms with Gasteiger partial charge < -0.3 is 10.6 Å². The van der Waals surface area contributed by atoms with Gasteiger partial charge in [0.15, 0.2) is 5.96 Å². The molecule has 0 spiro atoms. The Hall–Kier alpha value is -1.22. The Bertz CT molecular complexity index is 615. The van der Waals surface area contributed by atoms with E-state index in [0.717, 1.165) is 22.0 Å². The third-order valence-electron chi connectivity index (χ3n) is 2.75. The molecule has 0 radical (unpaired) electrons. The lowest BCUT2D eigenvalue weighted by Gasteiger charge is -2.10. The van der Waals surface area contributed by atoms with Crippen LogP contribution in [-0.4, -0.2) is 17.5 Å². The zero-order valence-corrected chi connectivity index (χ0v) is 15.7. The Labute approximate surface area is 151 Å². The van der Waals surface area contributed by atoms with E-state index in [1.807, 2.05) is 26.1 Å². The van der Waals surface area contributed by atoms with Gasteiger partial charge in [0.1, 0.15) is 5.82 Å². The zero-order chi connectivity index (χ0) is 15.1. The number of aromatic nitrogens is 1. The molecule has 0 amide bonds. The average Bonchev–Trinajstić information content (AvgIpc) is 2.88. The average molecular weight is 434 g/mol. The molecule has 0 aliphatic rings. The zero-order valence-electron chi connectivity index (χ0n) is 12.6. The van der Waals surface area contributed by atoms with Crippen LogP contribution in [0, 0.1) is 12.7 Å². The molecule has 0 unspecified atom stereocenters. The maximum Gasteiger partial charge on any atom is 0.191 e. The van der Waals surface area contributed by atoms with Crippen molar-refractivity contribution < 1.29 is 4.39 Å². The van der Waals surface area contributed by atoms with Crippen molar-refractivity contribution in [1.82, 2.24) is 15.6 Å². The van der Waals surface area contributed by atoms with E-state index in [0.29, 0.717) is 19.0 Å². The molecule has 1 heterocycles. The second kappa shape index (κ2) is 9.73. The predicted octanol–water partition coefficient (Wildman–Crippen LogP) is 3.46. The predicted molar refractivity (Wildman–Crippen MR) is 100 cm³/mol. The van der Waals surface area contributed by atoms with Gasteiger partial charge >= 0.3 is 0 Å². The molecule has 2 N–H and O–H groups in total. The number of thiazole rings is 1. The summed E-state index contributed by atoms with van der Waals surface area (Å²) in [4.78, 5) is 9.84. The van der Waals surface area contributed by atoms with Gasteiger partial charge in [0.25, 0.3) is 0 Å². The third kappa shape index (κ3) is 6.27. The molecule has 0 aliphatic carbocycles. The topological polar surface area (TPSA) is 49.3 Å². The van der Waals surface area contributed by atoms with Crippen molar-refractivity contribution in [1.29, 1.82) is 0 Å². The fourth-order valence-electron chi connectivity index (χ4n) is 1.81. The number of aliphatic imine (C=N–C) groups is 1. The van der Waals surface area contributed by atoms with Gasteiger partial charge in [-0.05, 0) is 31.5 Å². The van der Waals surface area contributed by atoms with E-state index in [9.17, 15) is 4.39 Å². The van der Waals surface area contributed by atoms with E-state index >= 15 is 0 Å². The summed E-state index contributed by atoms with van der Waals surface area (Å²) in [5, 5.41) is 7.47. The van der Waals surface area contributed by atoms with Crippen molar-refractivity contribution in [2.45, 2.75) is 26.9 Å². The fraction of sp³-hybridized carbons (Fsp3) is 0.333. The normalized spacial score (nSPS) is 11.0. The summed E-state index contributed by atoms with van der Waals surface area (Å²) < 4.78 is 13.1. The van der Waals surface area contributed by atoms with Crippen LogP contribution in [0.5, 0.6) is 0 Å². The number of benzene rings is 1. The molecule has 0 fully saturated rings. The van der Waals surface area contributed by atoms with E-state index in [4.69, 9.17) is 0 Å². The van der Waals surface area contributed by atoms with E-state index in [1.165, 1.54) is 12.1 Å². The molecule has 120 valence electrons. The molecule has 22 heavy (non-hydrogen) atoms. The van der Waals surface area contributed by atoms with Crippen LogP contribution in [0.2, 0.25) is 0 Å². The van der Waals surface area contributed by atoms with Crippen molar-refractivity contribution in [2.24, 2.45) is 4.99 Å². The first-order valence-corrected chi connectivity index (χ1v) is 7.67. The van der Waals surface area contributed by atoms with Gasteiger partial charge in [-0.3, -0.25) is 0 Å². The quantitative estimate of drug-likeness (QED) is 0.431. The molecule has 1 aromatic heterocycles. The minimum atomic E-state index is -0.235. The molecule has 7 heteroatoms. The van der Waals surface area contributed by atoms with Crippen molar-refractivity contribution in [3.8, 4) is 0 Å². The number of guanidine groups is 1. The molecular weight excluding hydrogens is 414 g/mol. The first-order valence-electron chi connectivity index (χ1n) is 6.85. The first kappa shape index (κ1) is 18.8. The Balaban J connectivity index is 0.00000242. The summed E-state index contributed by atoms with van der Waals surface area (Å²) in [6, 6.07) is 6.49. The molecular formula is C15H20FIN4S. The van der Waals surface area contributed by atoms with Crippen molar-refractivity contribution in [2.75, 3.05) is 6.54 Å². The second-order valence-electron chi connectivity index (χ2n) is 4.52. The Morgan fingerprint density at radius 3 is 2.82 bits per heavy atom. The molecule has 0 aliphatic heterocycles. The Kier molecular flexibility index (Phi) is 8.32. The monoisotopic (exact) mass is 434 g/mol. The van der Waals surface area contributed by atoms with E-state index in [-0.39, 0.29) is 29.8 Å². The number of halogens is 2. The van der Waals surface area contributed by atoms with Crippen molar-refractivity contribution in [3.05, 3.63) is 51.7 Å². The minimum absolute atomic E-state index is 0. The summed E-state index contributed by atoms with van der Waals surface area (Å²) in [5.41, 5.74) is 0.848.